The molecule has 0 unspecified atom stereocenters. The Bertz CT molecular complexity index is 676. The van der Waals surface area contributed by atoms with Gasteiger partial charge in [0.05, 0.1) is 0 Å². The first-order valence-corrected chi connectivity index (χ1v) is 10.3. The van der Waals surface area contributed by atoms with Crippen LogP contribution < -0.4 is 12.1 Å². The van der Waals surface area contributed by atoms with Gasteiger partial charge in [-0.25, -0.2) is 0 Å². The second-order valence-corrected chi connectivity index (χ2v) is 9.36. The first kappa shape index (κ1) is 11.8. The quantitative estimate of drug-likeness (QED) is 0.424. The van der Waals surface area contributed by atoms with Crippen LogP contribution in [0.5, 0.6) is 0 Å². The summed E-state index contributed by atoms with van der Waals surface area (Å²) in [4.78, 5) is 4.76. The van der Waals surface area contributed by atoms with Crippen LogP contribution in [-0.2, 0) is 0 Å². The molecule has 0 N–H and O–H groups in total. The zero-order chi connectivity index (χ0) is 12.7. The van der Waals surface area contributed by atoms with Gasteiger partial charge in [0.2, 0.25) is 0 Å². The number of hydrogen-bond acceptors (Lipinski definition) is 1. The minimum atomic E-state index is -0.248. The van der Waals surface area contributed by atoms with Crippen molar-refractivity contribution in [3.05, 3.63) is 65.6 Å². The normalized spacial score (nSPS) is 12.9. The molecule has 0 aliphatic carbocycles. The molecule has 4 rings (SSSR count). The molecule has 1 nitrogen and oxygen atoms in total. The van der Waals surface area contributed by atoms with Crippen LogP contribution in [0.2, 0.25) is 0 Å². The summed E-state index contributed by atoms with van der Waals surface area (Å²) in [6.45, 7) is 0. The van der Waals surface area contributed by atoms with Gasteiger partial charge in [-0.3, -0.25) is 0 Å². The fourth-order valence-corrected chi connectivity index (χ4v) is 6.94. The van der Waals surface area contributed by atoms with Gasteiger partial charge in [0.15, 0.2) is 0 Å². The van der Waals surface area contributed by atoms with Gasteiger partial charge < -0.3 is 0 Å². The van der Waals surface area contributed by atoms with Crippen LogP contribution in [0.1, 0.15) is 0 Å². The minimum absolute atomic E-state index is 0.248. The molecule has 1 aliphatic heterocycles. The van der Waals surface area contributed by atoms with Gasteiger partial charge in [-0.15, -0.1) is 0 Å². The van der Waals surface area contributed by atoms with Crippen molar-refractivity contribution in [3.63, 3.8) is 0 Å². The van der Waals surface area contributed by atoms with Crippen molar-refractivity contribution in [3.8, 4) is 0 Å². The van der Waals surface area contributed by atoms with Gasteiger partial charge in [-0.2, -0.15) is 0 Å². The molecule has 0 atom stereocenters. The van der Waals surface area contributed by atoms with E-state index in [2.05, 4.69) is 70.5 Å². The predicted molar refractivity (Wildman–Crippen MR) is 83.1 cm³/mol. The SMILES string of the molecule is c1c[se]c(N2c3ccccc3[Te]c3ccccc32)c1. The summed E-state index contributed by atoms with van der Waals surface area (Å²) in [5.74, 6) is 0. The Labute approximate surface area is 128 Å². The Morgan fingerprint density at radius 2 is 1.37 bits per heavy atom. The Hall–Kier alpha value is -0.971. The number of benzene rings is 2. The molecule has 3 heteroatoms. The van der Waals surface area contributed by atoms with Gasteiger partial charge in [0.1, 0.15) is 0 Å². The second-order valence-electron chi connectivity index (χ2n) is 4.32. The fraction of sp³-hybridized carbons (Fsp3) is 0. The number of fused-ring (bicyclic) bond motifs is 2. The zero-order valence-electron chi connectivity index (χ0n) is 10.1. The third-order valence-electron chi connectivity index (χ3n) is 3.16. The molecule has 1 aliphatic rings. The molecule has 2 heterocycles. The standard InChI is InChI=1S/C16H11NSeTe/c1-3-8-14-12(6-1)17(16-10-5-11-18-16)13-7-2-4-9-15(13)19-14/h1-11H. The van der Waals surface area contributed by atoms with Crippen molar-refractivity contribution in [1.82, 2.24) is 0 Å². The van der Waals surface area contributed by atoms with Crippen molar-refractivity contribution in [1.29, 1.82) is 0 Å². The molecular weight excluding hydrogens is 413 g/mol. The number of rotatable bonds is 1. The van der Waals surface area contributed by atoms with E-state index in [1.54, 1.807) is 7.22 Å². The zero-order valence-corrected chi connectivity index (χ0v) is 14.2. The third-order valence-corrected chi connectivity index (χ3v) is 8.18. The summed E-state index contributed by atoms with van der Waals surface area (Å²) in [5.41, 5.74) is 2.81. The summed E-state index contributed by atoms with van der Waals surface area (Å²) >= 11 is 0.209. The van der Waals surface area contributed by atoms with Crippen LogP contribution in [0.4, 0.5) is 15.9 Å². The Balaban J connectivity index is 1.98. The maximum absolute atomic E-state index is 2.47. The molecule has 92 valence electrons. The van der Waals surface area contributed by atoms with E-state index in [0.717, 1.165) is 0 Å². The Kier molecular flexibility index (Phi) is 3.02. The average Bonchev–Trinajstić information content (AvgIpc) is 2.98. The monoisotopic (exact) mass is 427 g/mol. The molecule has 0 spiro atoms. The Morgan fingerprint density at radius 1 is 0.737 bits per heavy atom. The van der Waals surface area contributed by atoms with E-state index in [0.29, 0.717) is 14.5 Å². The average molecular weight is 424 g/mol. The van der Waals surface area contributed by atoms with Gasteiger partial charge in [-0.1, -0.05) is 0 Å². The van der Waals surface area contributed by atoms with Crippen LogP contribution in [-0.4, -0.2) is 35.4 Å². The predicted octanol–water partition coefficient (Wildman–Crippen LogP) is 2.18. The topological polar surface area (TPSA) is 3.24 Å². The van der Waals surface area contributed by atoms with E-state index < -0.39 is 0 Å². The summed E-state index contributed by atoms with van der Waals surface area (Å²) in [6, 6.07) is 22.2. The van der Waals surface area contributed by atoms with Crippen molar-refractivity contribution in [2.75, 3.05) is 4.90 Å². The van der Waals surface area contributed by atoms with Crippen LogP contribution in [0.15, 0.2) is 65.6 Å². The number of hydrogen-bond donors (Lipinski definition) is 0. The van der Waals surface area contributed by atoms with E-state index in [4.69, 9.17) is 0 Å². The van der Waals surface area contributed by atoms with E-state index in [-0.39, 0.29) is 20.9 Å². The van der Waals surface area contributed by atoms with Crippen molar-refractivity contribution < 1.29 is 0 Å². The second kappa shape index (κ2) is 4.85. The number of para-hydroxylation sites is 2. The van der Waals surface area contributed by atoms with Gasteiger partial charge >= 0.3 is 129 Å². The van der Waals surface area contributed by atoms with Gasteiger partial charge in [0, 0.05) is 0 Å². The van der Waals surface area contributed by atoms with E-state index in [9.17, 15) is 0 Å². The summed E-state index contributed by atoms with van der Waals surface area (Å²) < 4.78 is 4.55. The molecule has 0 bridgehead atoms. The fourth-order valence-electron chi connectivity index (χ4n) is 2.34. The maximum atomic E-state index is 2.47. The first-order chi connectivity index (χ1) is 9.43. The molecule has 1 aromatic heterocycles. The van der Waals surface area contributed by atoms with Gasteiger partial charge in [0.25, 0.3) is 0 Å². The molecule has 0 radical (unpaired) electrons. The molecule has 0 amide bonds. The van der Waals surface area contributed by atoms with Crippen LogP contribution in [0, 0.1) is 0 Å². The molecule has 0 saturated heterocycles. The van der Waals surface area contributed by atoms with Gasteiger partial charge in [-0.05, 0) is 0 Å². The first-order valence-electron chi connectivity index (χ1n) is 6.13. The van der Waals surface area contributed by atoms with Crippen molar-refractivity contribution >= 4 is 58.6 Å². The van der Waals surface area contributed by atoms with E-state index in [1.807, 2.05) is 0 Å². The van der Waals surface area contributed by atoms with Crippen LogP contribution >= 0.6 is 0 Å². The molecule has 0 saturated carbocycles. The van der Waals surface area contributed by atoms with E-state index >= 15 is 0 Å². The number of anilines is 3. The Morgan fingerprint density at radius 3 is 1.95 bits per heavy atom. The van der Waals surface area contributed by atoms with Crippen molar-refractivity contribution in [2.24, 2.45) is 0 Å². The molecule has 2 aromatic carbocycles. The van der Waals surface area contributed by atoms with Crippen molar-refractivity contribution in [2.45, 2.75) is 0 Å². The van der Waals surface area contributed by atoms with E-state index in [1.165, 1.54) is 15.9 Å². The van der Waals surface area contributed by atoms with Crippen LogP contribution in [0.3, 0.4) is 0 Å². The third kappa shape index (κ3) is 1.98. The van der Waals surface area contributed by atoms with Crippen LogP contribution in [0.25, 0.3) is 0 Å². The number of nitrogens with zero attached hydrogens (tertiary/aromatic N) is 1. The molecule has 0 fully saturated rings. The summed E-state index contributed by atoms with van der Waals surface area (Å²) in [6.07, 6.45) is 0. The molecule has 19 heavy (non-hydrogen) atoms. The summed E-state index contributed by atoms with van der Waals surface area (Å²) in [5, 5.41) is 0. The molecule has 3 aromatic rings. The molecular formula is C16H11NSeTe. The summed E-state index contributed by atoms with van der Waals surface area (Å²) in [7, 11) is 0.